The molecule has 1 rings (SSSR count). The molecule has 0 bridgehead atoms. The first kappa shape index (κ1) is 13.9. The van der Waals surface area contributed by atoms with Crippen LogP contribution in [0.2, 0.25) is 0 Å². The highest BCUT2D eigenvalue weighted by molar-refractivity contribution is 5.96. The molecule has 0 radical (unpaired) electrons. The molecule has 0 saturated heterocycles. The van der Waals surface area contributed by atoms with Crippen molar-refractivity contribution in [1.29, 1.82) is 0 Å². The maximum atomic E-state index is 11.2. The molecule has 5 heteroatoms. The fourth-order valence-electron chi connectivity index (χ4n) is 1.55. The van der Waals surface area contributed by atoms with E-state index < -0.39 is 5.91 Å². The highest BCUT2D eigenvalue weighted by atomic mass is 16.5. The minimum absolute atomic E-state index is 0.0747. The number of primary amides is 1. The van der Waals surface area contributed by atoms with Crippen LogP contribution in [0.25, 0.3) is 6.08 Å². The maximum absolute atomic E-state index is 11.2. The van der Waals surface area contributed by atoms with Gasteiger partial charge in [0, 0.05) is 5.57 Å². The number of carbonyl (C=O) groups excluding carboxylic acids is 1. The second-order valence-corrected chi connectivity index (χ2v) is 3.66. The zero-order valence-corrected chi connectivity index (χ0v) is 10.7. The summed E-state index contributed by atoms with van der Waals surface area (Å²) in [7, 11) is 2.88. The predicted octanol–water partition coefficient (Wildman–Crippen LogP) is 1.69. The number of amides is 1. The van der Waals surface area contributed by atoms with E-state index in [2.05, 4.69) is 0 Å². The molecule has 0 atom stereocenters. The van der Waals surface area contributed by atoms with Crippen molar-refractivity contribution in [1.82, 2.24) is 0 Å². The third-order valence-corrected chi connectivity index (χ3v) is 2.54. The molecule has 0 aromatic heterocycles. The van der Waals surface area contributed by atoms with E-state index in [0.717, 1.165) is 0 Å². The summed E-state index contributed by atoms with van der Waals surface area (Å²) in [6.45, 7) is 1.84. The van der Waals surface area contributed by atoms with E-state index in [-0.39, 0.29) is 17.2 Å². The van der Waals surface area contributed by atoms with Crippen LogP contribution < -0.4 is 15.2 Å². The highest BCUT2D eigenvalue weighted by Crippen LogP contribution is 2.37. The van der Waals surface area contributed by atoms with E-state index in [1.165, 1.54) is 14.2 Å². The van der Waals surface area contributed by atoms with Gasteiger partial charge in [0.1, 0.15) is 0 Å². The number of nitrogens with two attached hydrogens (primary N) is 1. The summed E-state index contributed by atoms with van der Waals surface area (Å²) in [6.07, 6.45) is 2.17. The van der Waals surface area contributed by atoms with E-state index in [1.807, 2.05) is 6.92 Å². The van der Waals surface area contributed by atoms with Gasteiger partial charge in [-0.2, -0.15) is 0 Å². The van der Waals surface area contributed by atoms with Crippen LogP contribution in [0.4, 0.5) is 0 Å². The smallest absolute Gasteiger partial charge is 0.244 e. The molecule has 0 heterocycles. The second kappa shape index (κ2) is 5.95. The molecule has 0 unspecified atom stereocenters. The average molecular weight is 251 g/mol. The molecular formula is C13H17NO4. The van der Waals surface area contributed by atoms with Crippen LogP contribution in [0.15, 0.2) is 17.7 Å². The van der Waals surface area contributed by atoms with Crippen molar-refractivity contribution in [2.24, 2.45) is 5.73 Å². The Hall–Kier alpha value is -2.17. The van der Waals surface area contributed by atoms with E-state index in [0.29, 0.717) is 17.6 Å². The van der Waals surface area contributed by atoms with Crippen LogP contribution in [-0.4, -0.2) is 25.2 Å². The van der Waals surface area contributed by atoms with Gasteiger partial charge in [0.05, 0.1) is 14.2 Å². The molecule has 1 aromatic rings. The molecule has 0 aliphatic carbocycles. The molecule has 0 aliphatic rings. The number of methoxy groups -OCH3 is 2. The van der Waals surface area contributed by atoms with Crippen molar-refractivity contribution >= 4 is 12.0 Å². The minimum atomic E-state index is -0.469. The zero-order valence-electron chi connectivity index (χ0n) is 10.7. The Morgan fingerprint density at radius 3 is 2.17 bits per heavy atom. The molecule has 1 aromatic carbocycles. The monoisotopic (exact) mass is 251 g/mol. The summed E-state index contributed by atoms with van der Waals surface area (Å²) >= 11 is 0. The van der Waals surface area contributed by atoms with Gasteiger partial charge in [0.25, 0.3) is 0 Å². The van der Waals surface area contributed by atoms with Crippen molar-refractivity contribution in [3.63, 3.8) is 0 Å². The topological polar surface area (TPSA) is 81.8 Å². The number of phenols is 1. The van der Waals surface area contributed by atoms with Crippen molar-refractivity contribution in [3.05, 3.63) is 23.3 Å². The lowest BCUT2D eigenvalue weighted by atomic mass is 10.1. The first-order valence-corrected chi connectivity index (χ1v) is 5.48. The summed E-state index contributed by atoms with van der Waals surface area (Å²) in [5.41, 5.74) is 6.42. The third-order valence-electron chi connectivity index (χ3n) is 2.54. The molecule has 18 heavy (non-hydrogen) atoms. The largest absolute Gasteiger partial charge is 0.502 e. The van der Waals surface area contributed by atoms with Gasteiger partial charge in [-0.25, -0.2) is 0 Å². The number of carbonyl (C=O) groups is 1. The quantitative estimate of drug-likeness (QED) is 0.780. The second-order valence-electron chi connectivity index (χ2n) is 3.66. The molecule has 0 aliphatic heterocycles. The number of aromatic hydroxyl groups is 1. The molecule has 0 fully saturated rings. The van der Waals surface area contributed by atoms with Crippen molar-refractivity contribution in [3.8, 4) is 17.2 Å². The van der Waals surface area contributed by atoms with Gasteiger partial charge < -0.3 is 20.3 Å². The van der Waals surface area contributed by atoms with Crippen LogP contribution in [0, 0.1) is 0 Å². The normalized spacial score (nSPS) is 11.2. The molecule has 5 nitrogen and oxygen atoms in total. The molecular weight excluding hydrogens is 234 g/mol. The Labute approximate surface area is 106 Å². The number of phenolic OH excluding ortho intramolecular Hbond substituents is 1. The van der Waals surface area contributed by atoms with Gasteiger partial charge in [0.15, 0.2) is 11.5 Å². The highest BCUT2D eigenvalue weighted by Gasteiger charge is 2.11. The molecule has 1 amide bonds. The summed E-state index contributed by atoms with van der Waals surface area (Å²) in [5.74, 6) is 0.0128. The Morgan fingerprint density at radius 1 is 1.33 bits per heavy atom. The number of hydrogen-bond donors (Lipinski definition) is 2. The first-order chi connectivity index (χ1) is 8.53. The van der Waals surface area contributed by atoms with Gasteiger partial charge in [0.2, 0.25) is 11.7 Å². The Bertz CT molecular complexity index is 455. The average Bonchev–Trinajstić information content (AvgIpc) is 2.36. The Kier molecular flexibility index (Phi) is 4.59. The van der Waals surface area contributed by atoms with Gasteiger partial charge in [-0.1, -0.05) is 6.92 Å². The van der Waals surface area contributed by atoms with Crippen molar-refractivity contribution in [2.45, 2.75) is 13.3 Å². The summed E-state index contributed by atoms with van der Waals surface area (Å²) in [5, 5.41) is 9.75. The SMILES string of the molecule is CC/C(=C\c1cc(OC)c(O)c(OC)c1)C(N)=O. The maximum Gasteiger partial charge on any atom is 0.244 e. The summed E-state index contributed by atoms with van der Waals surface area (Å²) < 4.78 is 10.1. The van der Waals surface area contributed by atoms with Crippen LogP contribution in [-0.2, 0) is 4.79 Å². The van der Waals surface area contributed by atoms with E-state index in [1.54, 1.807) is 18.2 Å². The number of hydrogen-bond acceptors (Lipinski definition) is 4. The molecule has 98 valence electrons. The number of ether oxygens (including phenoxy) is 2. The lowest BCUT2D eigenvalue weighted by molar-refractivity contribution is -0.114. The summed E-state index contributed by atoms with van der Waals surface area (Å²) in [4.78, 5) is 11.2. The van der Waals surface area contributed by atoms with Gasteiger partial charge in [-0.3, -0.25) is 4.79 Å². The molecule has 3 N–H and O–H groups in total. The van der Waals surface area contributed by atoms with Gasteiger partial charge >= 0.3 is 0 Å². The zero-order chi connectivity index (χ0) is 13.7. The Morgan fingerprint density at radius 2 is 1.83 bits per heavy atom. The first-order valence-electron chi connectivity index (χ1n) is 5.48. The fourth-order valence-corrected chi connectivity index (χ4v) is 1.55. The van der Waals surface area contributed by atoms with Gasteiger partial charge in [-0.05, 0) is 30.2 Å². The van der Waals surface area contributed by atoms with Crippen LogP contribution in [0.3, 0.4) is 0 Å². The minimum Gasteiger partial charge on any atom is -0.502 e. The Balaban J connectivity index is 3.29. The lowest BCUT2D eigenvalue weighted by Gasteiger charge is -2.10. The third kappa shape index (κ3) is 2.94. The fraction of sp³-hybridized carbons (Fsp3) is 0.308. The van der Waals surface area contributed by atoms with E-state index in [4.69, 9.17) is 15.2 Å². The molecule has 0 spiro atoms. The standard InChI is InChI=1S/C13H17NO4/c1-4-9(13(14)16)5-8-6-10(17-2)12(15)11(7-8)18-3/h5-7,15H,4H2,1-3H3,(H2,14,16)/b9-5+. The van der Waals surface area contributed by atoms with Crippen LogP contribution >= 0.6 is 0 Å². The van der Waals surface area contributed by atoms with E-state index >= 15 is 0 Å². The van der Waals surface area contributed by atoms with Crippen LogP contribution in [0.5, 0.6) is 17.2 Å². The van der Waals surface area contributed by atoms with Crippen LogP contribution in [0.1, 0.15) is 18.9 Å². The predicted molar refractivity (Wildman–Crippen MR) is 68.7 cm³/mol. The number of benzene rings is 1. The van der Waals surface area contributed by atoms with Gasteiger partial charge in [-0.15, -0.1) is 0 Å². The van der Waals surface area contributed by atoms with Crippen molar-refractivity contribution < 1.29 is 19.4 Å². The lowest BCUT2D eigenvalue weighted by Crippen LogP contribution is -2.13. The van der Waals surface area contributed by atoms with E-state index in [9.17, 15) is 9.90 Å². The summed E-state index contributed by atoms with van der Waals surface area (Å²) in [6, 6.07) is 3.22. The molecule has 0 saturated carbocycles. The van der Waals surface area contributed by atoms with Crippen molar-refractivity contribution in [2.75, 3.05) is 14.2 Å². The number of rotatable bonds is 5.